The number of ether oxygens (including phenoxy) is 1. The average Bonchev–Trinajstić information content (AvgIpc) is 2.96. The van der Waals surface area contributed by atoms with Gasteiger partial charge < -0.3 is 10.1 Å². The van der Waals surface area contributed by atoms with E-state index in [1.54, 1.807) is 30.8 Å². The Hall–Kier alpha value is -3.25. The van der Waals surface area contributed by atoms with Gasteiger partial charge in [-0.3, -0.25) is 9.13 Å². The molecule has 1 N–H and O–H groups in total. The number of rotatable bonds is 3. The molecule has 0 aliphatic carbocycles. The van der Waals surface area contributed by atoms with Crippen molar-refractivity contribution in [3.05, 3.63) is 51.6 Å². The van der Waals surface area contributed by atoms with E-state index >= 15 is 0 Å². The summed E-state index contributed by atoms with van der Waals surface area (Å²) >= 11 is 0. The molecule has 144 valence electrons. The fraction of sp³-hybridized carbons (Fsp3) is 0.368. The van der Waals surface area contributed by atoms with Crippen LogP contribution in [-0.2, 0) is 11.8 Å². The molecule has 1 fully saturated rings. The van der Waals surface area contributed by atoms with E-state index in [4.69, 9.17) is 11.3 Å². The first-order chi connectivity index (χ1) is 13.5. The molecule has 3 aromatic rings. The molecule has 0 spiro atoms. The molecule has 0 unspecified atom stereocenters. The molecular formula is C19H19FN6O2. The first kappa shape index (κ1) is 18.1. The molecule has 1 aromatic carbocycles. The third-order valence-electron chi connectivity index (χ3n) is 5.12. The predicted octanol–water partition coefficient (Wildman–Crippen LogP) is 3.22. The summed E-state index contributed by atoms with van der Waals surface area (Å²) < 4.78 is 22.9. The van der Waals surface area contributed by atoms with Crippen molar-refractivity contribution in [3.63, 3.8) is 0 Å². The van der Waals surface area contributed by atoms with Gasteiger partial charge in [0, 0.05) is 32.0 Å². The van der Waals surface area contributed by atoms with Crippen LogP contribution >= 0.6 is 0 Å². The minimum Gasteiger partial charge on any atom is -0.381 e. The standard InChI is InChI=1S/C19H19FN6O2/c1-11-13(4-5-14(21-2)16(11)20)23-18-22-10-15-17(24-18)26(19(27)25(15)3)12-6-8-28-9-7-12/h4-5,10,12H,6-9H2,1,3H3,(H,22,23,24). The fourth-order valence-electron chi connectivity index (χ4n) is 3.48. The van der Waals surface area contributed by atoms with Gasteiger partial charge in [-0.05, 0) is 31.4 Å². The van der Waals surface area contributed by atoms with E-state index in [1.807, 2.05) is 0 Å². The molecule has 0 bridgehead atoms. The van der Waals surface area contributed by atoms with Crippen molar-refractivity contribution in [2.75, 3.05) is 18.5 Å². The summed E-state index contributed by atoms with van der Waals surface area (Å²) in [4.78, 5) is 24.7. The van der Waals surface area contributed by atoms with Crippen LogP contribution in [0.3, 0.4) is 0 Å². The number of aromatic nitrogens is 4. The van der Waals surface area contributed by atoms with Crippen molar-refractivity contribution >= 4 is 28.5 Å². The molecule has 2 aromatic heterocycles. The maximum Gasteiger partial charge on any atom is 0.330 e. The zero-order chi connectivity index (χ0) is 19.8. The van der Waals surface area contributed by atoms with E-state index in [0.29, 0.717) is 35.6 Å². The van der Waals surface area contributed by atoms with E-state index in [1.165, 1.54) is 10.6 Å². The molecule has 28 heavy (non-hydrogen) atoms. The summed E-state index contributed by atoms with van der Waals surface area (Å²) in [7, 11) is 1.69. The monoisotopic (exact) mass is 382 g/mol. The second kappa shape index (κ2) is 7.05. The topological polar surface area (TPSA) is 78.3 Å². The van der Waals surface area contributed by atoms with Gasteiger partial charge in [-0.25, -0.2) is 19.0 Å². The van der Waals surface area contributed by atoms with Gasteiger partial charge >= 0.3 is 5.69 Å². The molecule has 1 aliphatic rings. The minimum absolute atomic E-state index is 0.0184. The third kappa shape index (κ3) is 2.92. The van der Waals surface area contributed by atoms with Crippen LogP contribution in [0.25, 0.3) is 16.0 Å². The second-order valence-electron chi connectivity index (χ2n) is 6.77. The van der Waals surface area contributed by atoms with Crippen molar-refractivity contribution in [1.82, 2.24) is 19.1 Å². The van der Waals surface area contributed by atoms with E-state index in [0.717, 1.165) is 12.8 Å². The van der Waals surface area contributed by atoms with Crippen molar-refractivity contribution in [3.8, 4) is 0 Å². The summed E-state index contributed by atoms with van der Waals surface area (Å²) in [5, 5.41) is 3.00. The maximum atomic E-state index is 14.2. The number of imidazole rings is 1. The number of halogens is 1. The van der Waals surface area contributed by atoms with Gasteiger partial charge in [0.15, 0.2) is 5.65 Å². The number of nitrogens with one attached hydrogen (secondary N) is 1. The second-order valence-corrected chi connectivity index (χ2v) is 6.77. The zero-order valence-corrected chi connectivity index (χ0v) is 15.6. The number of aryl methyl sites for hydroxylation is 1. The van der Waals surface area contributed by atoms with E-state index in [-0.39, 0.29) is 23.4 Å². The molecular weight excluding hydrogens is 363 g/mol. The van der Waals surface area contributed by atoms with Gasteiger partial charge in [-0.2, -0.15) is 4.98 Å². The Labute approximate surface area is 160 Å². The van der Waals surface area contributed by atoms with Crippen LogP contribution in [0.4, 0.5) is 21.7 Å². The Morgan fingerprint density at radius 1 is 1.36 bits per heavy atom. The highest BCUT2D eigenvalue weighted by atomic mass is 19.1. The van der Waals surface area contributed by atoms with E-state index in [2.05, 4.69) is 20.1 Å². The van der Waals surface area contributed by atoms with Gasteiger partial charge in [0.1, 0.15) is 11.3 Å². The lowest BCUT2D eigenvalue weighted by Crippen LogP contribution is -2.30. The first-order valence-corrected chi connectivity index (χ1v) is 8.96. The molecule has 1 saturated heterocycles. The van der Waals surface area contributed by atoms with Gasteiger partial charge in [-0.1, -0.05) is 6.07 Å². The summed E-state index contributed by atoms with van der Waals surface area (Å²) in [6.07, 6.45) is 3.07. The summed E-state index contributed by atoms with van der Waals surface area (Å²) in [6, 6.07) is 3.05. The highest BCUT2D eigenvalue weighted by molar-refractivity contribution is 5.73. The molecule has 1 aliphatic heterocycles. The Morgan fingerprint density at radius 2 is 2.11 bits per heavy atom. The van der Waals surface area contributed by atoms with Gasteiger partial charge in [0.2, 0.25) is 11.6 Å². The third-order valence-corrected chi connectivity index (χ3v) is 5.12. The molecule has 0 amide bonds. The van der Waals surface area contributed by atoms with Crippen LogP contribution in [0.2, 0.25) is 0 Å². The number of hydrogen-bond donors (Lipinski definition) is 1. The highest BCUT2D eigenvalue weighted by Gasteiger charge is 2.23. The molecule has 4 rings (SSSR count). The minimum atomic E-state index is -0.570. The van der Waals surface area contributed by atoms with Crippen LogP contribution in [0.1, 0.15) is 24.4 Å². The van der Waals surface area contributed by atoms with Crippen molar-refractivity contribution in [1.29, 1.82) is 0 Å². The molecule has 3 heterocycles. The van der Waals surface area contributed by atoms with Crippen molar-refractivity contribution in [2.24, 2.45) is 7.05 Å². The smallest absolute Gasteiger partial charge is 0.330 e. The first-order valence-electron chi connectivity index (χ1n) is 8.96. The van der Waals surface area contributed by atoms with Gasteiger partial charge in [-0.15, -0.1) is 0 Å². The van der Waals surface area contributed by atoms with Crippen LogP contribution in [-0.4, -0.2) is 32.3 Å². The van der Waals surface area contributed by atoms with Gasteiger partial charge in [0.25, 0.3) is 0 Å². The fourth-order valence-corrected chi connectivity index (χ4v) is 3.48. The van der Waals surface area contributed by atoms with Crippen molar-refractivity contribution < 1.29 is 9.13 Å². The predicted molar refractivity (Wildman–Crippen MR) is 103 cm³/mol. The average molecular weight is 382 g/mol. The SMILES string of the molecule is [C-]#[N+]c1ccc(Nc2ncc3c(n2)n(C2CCOCC2)c(=O)n3C)c(C)c1F. The van der Waals surface area contributed by atoms with Crippen LogP contribution < -0.4 is 11.0 Å². The number of anilines is 2. The Morgan fingerprint density at radius 3 is 2.82 bits per heavy atom. The largest absolute Gasteiger partial charge is 0.381 e. The Kier molecular flexibility index (Phi) is 4.57. The summed E-state index contributed by atoms with van der Waals surface area (Å²) in [5.41, 5.74) is 1.78. The molecule has 0 radical (unpaired) electrons. The molecule has 8 nitrogen and oxygen atoms in total. The van der Waals surface area contributed by atoms with Gasteiger partial charge in [0.05, 0.1) is 12.8 Å². The lowest BCUT2D eigenvalue weighted by atomic mass is 10.1. The maximum absolute atomic E-state index is 14.2. The van der Waals surface area contributed by atoms with E-state index in [9.17, 15) is 9.18 Å². The van der Waals surface area contributed by atoms with Crippen LogP contribution in [0.5, 0.6) is 0 Å². The highest BCUT2D eigenvalue weighted by Crippen LogP contribution is 2.29. The Bertz CT molecular complexity index is 1150. The normalized spacial score (nSPS) is 14.9. The summed E-state index contributed by atoms with van der Waals surface area (Å²) in [5.74, 6) is -0.308. The molecule has 9 heteroatoms. The number of benzene rings is 1. The van der Waals surface area contributed by atoms with Crippen molar-refractivity contribution in [2.45, 2.75) is 25.8 Å². The number of fused-ring (bicyclic) bond motifs is 1. The quantitative estimate of drug-likeness (QED) is 0.704. The Balaban J connectivity index is 1.77. The summed E-state index contributed by atoms with van der Waals surface area (Å²) in [6.45, 7) is 9.80. The number of nitrogens with zero attached hydrogens (tertiary/aromatic N) is 5. The molecule has 0 atom stereocenters. The zero-order valence-electron chi connectivity index (χ0n) is 15.6. The van der Waals surface area contributed by atoms with Crippen LogP contribution in [0.15, 0.2) is 23.1 Å². The molecule has 0 saturated carbocycles. The lowest BCUT2D eigenvalue weighted by Gasteiger charge is -2.22. The number of hydrogen-bond acceptors (Lipinski definition) is 5. The van der Waals surface area contributed by atoms with E-state index < -0.39 is 5.82 Å². The van der Waals surface area contributed by atoms with Crippen LogP contribution in [0, 0.1) is 19.3 Å². The lowest BCUT2D eigenvalue weighted by molar-refractivity contribution is 0.0695.